The lowest BCUT2D eigenvalue weighted by atomic mass is 10.2. The minimum Gasteiger partial charge on any atom is -0.413 e. The molecule has 0 bridgehead atoms. The van der Waals surface area contributed by atoms with E-state index in [1.807, 2.05) is 0 Å². The Bertz CT molecular complexity index is 685. The van der Waals surface area contributed by atoms with Crippen LogP contribution in [0.15, 0.2) is 12.1 Å². The summed E-state index contributed by atoms with van der Waals surface area (Å²) in [6, 6.07) is 1.57. The van der Waals surface area contributed by atoms with Crippen molar-refractivity contribution in [3.05, 3.63) is 33.9 Å². The van der Waals surface area contributed by atoms with Gasteiger partial charge in [0.25, 0.3) is 5.69 Å². The SMILES string of the molecule is CC(C)(C)[Si](C)(C)OC1[C@H]2CN(c3c(F)cc([N+](=O)[O-])cc3F)C[C@@H]12. The second kappa shape index (κ2) is 5.74. The van der Waals surface area contributed by atoms with Gasteiger partial charge in [0.05, 0.1) is 23.2 Å². The average molecular weight is 370 g/mol. The zero-order valence-electron chi connectivity index (χ0n) is 15.2. The Morgan fingerprint density at radius 1 is 1.20 bits per heavy atom. The third-order valence-corrected chi connectivity index (χ3v) is 10.4. The summed E-state index contributed by atoms with van der Waals surface area (Å²) in [7, 11) is -1.86. The molecule has 0 aromatic heterocycles. The molecule has 1 aromatic carbocycles. The number of non-ortho nitro benzene ring substituents is 1. The number of hydrogen-bond acceptors (Lipinski definition) is 4. The summed E-state index contributed by atoms with van der Waals surface area (Å²) in [4.78, 5) is 11.6. The number of halogens is 2. The van der Waals surface area contributed by atoms with E-state index in [1.54, 1.807) is 4.90 Å². The molecule has 1 aromatic rings. The molecule has 0 amide bonds. The van der Waals surface area contributed by atoms with Gasteiger partial charge in [-0.2, -0.15) is 0 Å². The molecule has 0 radical (unpaired) electrons. The van der Waals surface area contributed by atoms with Gasteiger partial charge in [-0.15, -0.1) is 0 Å². The van der Waals surface area contributed by atoms with Crippen molar-refractivity contribution < 1.29 is 18.1 Å². The predicted molar refractivity (Wildman–Crippen MR) is 94.3 cm³/mol. The van der Waals surface area contributed by atoms with E-state index in [-0.39, 0.29) is 28.7 Å². The van der Waals surface area contributed by atoms with Gasteiger partial charge in [-0.25, -0.2) is 8.78 Å². The Morgan fingerprint density at radius 2 is 1.68 bits per heavy atom. The van der Waals surface area contributed by atoms with Crippen LogP contribution >= 0.6 is 0 Å². The average Bonchev–Trinajstić information content (AvgIpc) is 2.90. The van der Waals surface area contributed by atoms with Gasteiger partial charge in [-0.05, 0) is 18.1 Å². The minimum atomic E-state index is -1.86. The molecule has 2 fully saturated rings. The van der Waals surface area contributed by atoms with Crippen molar-refractivity contribution in [2.75, 3.05) is 18.0 Å². The van der Waals surface area contributed by atoms with Gasteiger partial charge in [0.2, 0.25) is 0 Å². The number of nitrogens with zero attached hydrogens (tertiary/aromatic N) is 2. The van der Waals surface area contributed by atoms with E-state index in [4.69, 9.17) is 4.43 Å². The van der Waals surface area contributed by atoms with Crippen LogP contribution in [0.5, 0.6) is 0 Å². The number of benzene rings is 1. The smallest absolute Gasteiger partial charge is 0.275 e. The molecule has 138 valence electrons. The van der Waals surface area contributed by atoms with Crippen molar-refractivity contribution in [2.45, 2.75) is 45.0 Å². The molecule has 8 heteroatoms. The lowest BCUT2D eigenvalue weighted by molar-refractivity contribution is -0.385. The van der Waals surface area contributed by atoms with Crippen molar-refractivity contribution in [3.8, 4) is 0 Å². The molecular formula is C17H24F2N2O3Si. The summed E-state index contributed by atoms with van der Waals surface area (Å²) in [6.07, 6.45) is 0.168. The highest BCUT2D eigenvalue weighted by atomic mass is 28.4. The molecule has 5 nitrogen and oxygen atoms in total. The monoisotopic (exact) mass is 370 g/mol. The quantitative estimate of drug-likeness (QED) is 0.450. The van der Waals surface area contributed by atoms with Gasteiger partial charge in [-0.3, -0.25) is 10.1 Å². The van der Waals surface area contributed by atoms with Crippen molar-refractivity contribution in [2.24, 2.45) is 11.8 Å². The Balaban J connectivity index is 1.69. The van der Waals surface area contributed by atoms with Gasteiger partial charge in [0.1, 0.15) is 5.69 Å². The number of nitro groups is 1. The zero-order chi connectivity index (χ0) is 18.7. The Hall–Kier alpha value is -1.54. The minimum absolute atomic E-state index is 0.125. The molecule has 25 heavy (non-hydrogen) atoms. The van der Waals surface area contributed by atoms with Gasteiger partial charge in [-0.1, -0.05) is 20.8 Å². The number of anilines is 1. The lowest BCUT2D eigenvalue weighted by Gasteiger charge is -2.37. The molecule has 3 rings (SSSR count). The normalized spacial score (nSPS) is 25.9. The van der Waals surface area contributed by atoms with Crippen LogP contribution in [0.3, 0.4) is 0 Å². The topological polar surface area (TPSA) is 55.6 Å². The summed E-state index contributed by atoms with van der Waals surface area (Å²) < 4.78 is 34.8. The highest BCUT2D eigenvalue weighted by Gasteiger charge is 2.59. The number of piperidine rings is 1. The van der Waals surface area contributed by atoms with Crippen molar-refractivity contribution in [1.82, 2.24) is 0 Å². The van der Waals surface area contributed by atoms with E-state index in [9.17, 15) is 18.9 Å². The molecule has 1 aliphatic carbocycles. The molecule has 1 saturated carbocycles. The molecule has 0 spiro atoms. The first-order valence-corrected chi connectivity index (χ1v) is 11.4. The molecule has 2 aliphatic rings. The molecule has 1 aliphatic heterocycles. The van der Waals surface area contributed by atoms with E-state index in [0.29, 0.717) is 13.1 Å². The fourth-order valence-corrected chi connectivity index (χ4v) is 4.69. The second-order valence-corrected chi connectivity index (χ2v) is 13.3. The van der Waals surface area contributed by atoms with E-state index >= 15 is 0 Å². The van der Waals surface area contributed by atoms with Crippen molar-refractivity contribution in [1.29, 1.82) is 0 Å². The number of rotatable bonds is 4. The van der Waals surface area contributed by atoms with Crippen LogP contribution < -0.4 is 4.90 Å². The highest BCUT2D eigenvalue weighted by Crippen LogP contribution is 2.52. The molecule has 3 atom stereocenters. The fraction of sp³-hybridized carbons (Fsp3) is 0.647. The van der Waals surface area contributed by atoms with E-state index < -0.39 is 30.6 Å². The van der Waals surface area contributed by atoms with Gasteiger partial charge < -0.3 is 9.33 Å². The highest BCUT2D eigenvalue weighted by molar-refractivity contribution is 6.74. The summed E-state index contributed by atoms with van der Waals surface area (Å²) >= 11 is 0. The summed E-state index contributed by atoms with van der Waals surface area (Å²) in [5.41, 5.74) is -0.730. The number of hydrogen-bond donors (Lipinski definition) is 0. The van der Waals surface area contributed by atoms with Crippen LogP contribution in [0.1, 0.15) is 20.8 Å². The van der Waals surface area contributed by atoms with Crippen LogP contribution in [0.25, 0.3) is 0 Å². The first-order chi connectivity index (χ1) is 11.4. The molecule has 1 heterocycles. The molecule has 0 N–H and O–H groups in total. The number of nitro benzene ring substituents is 1. The Labute approximate surface area is 147 Å². The van der Waals surface area contributed by atoms with E-state index in [2.05, 4.69) is 33.9 Å². The maximum atomic E-state index is 14.2. The first kappa shape index (κ1) is 18.3. The maximum Gasteiger partial charge on any atom is 0.275 e. The largest absolute Gasteiger partial charge is 0.413 e. The van der Waals surface area contributed by atoms with Crippen LogP contribution in [0.4, 0.5) is 20.2 Å². The molecular weight excluding hydrogens is 346 g/mol. The molecule has 1 unspecified atom stereocenters. The van der Waals surface area contributed by atoms with Crippen LogP contribution in [0.2, 0.25) is 18.1 Å². The first-order valence-electron chi connectivity index (χ1n) is 8.48. The van der Waals surface area contributed by atoms with Crippen LogP contribution in [-0.2, 0) is 4.43 Å². The van der Waals surface area contributed by atoms with Gasteiger partial charge in [0, 0.05) is 24.9 Å². The number of fused-ring (bicyclic) bond motifs is 1. The summed E-state index contributed by atoms with van der Waals surface area (Å²) in [5, 5.41) is 10.8. The predicted octanol–water partition coefficient (Wildman–Crippen LogP) is 4.33. The van der Waals surface area contributed by atoms with Crippen molar-refractivity contribution >= 4 is 19.7 Å². The summed E-state index contributed by atoms with van der Waals surface area (Å²) in [6.45, 7) is 12.0. The Morgan fingerprint density at radius 3 is 2.08 bits per heavy atom. The standard InChI is InChI=1S/C17H24F2N2O3Si/c1-17(2,3)25(4,5)24-16-11-8-20(9-12(11)16)15-13(18)6-10(21(22)23)7-14(15)19/h6-7,11-12,16H,8-9H2,1-5H3/t11-,12+,16?. The van der Waals surface area contributed by atoms with Crippen molar-refractivity contribution in [3.63, 3.8) is 0 Å². The van der Waals surface area contributed by atoms with E-state index in [1.165, 1.54) is 0 Å². The third-order valence-electron chi connectivity index (χ3n) is 5.88. The van der Waals surface area contributed by atoms with Gasteiger partial charge >= 0.3 is 0 Å². The van der Waals surface area contributed by atoms with E-state index in [0.717, 1.165) is 12.1 Å². The third kappa shape index (κ3) is 3.17. The molecule has 1 saturated heterocycles. The van der Waals surface area contributed by atoms with Crippen LogP contribution in [-0.4, -0.2) is 32.4 Å². The summed E-state index contributed by atoms with van der Waals surface area (Å²) in [5.74, 6) is -1.20. The Kier molecular flexibility index (Phi) is 4.19. The van der Waals surface area contributed by atoms with Gasteiger partial charge in [0.15, 0.2) is 20.0 Å². The fourth-order valence-electron chi connectivity index (χ4n) is 3.31. The second-order valence-electron chi connectivity index (χ2n) is 8.59. The lowest BCUT2D eigenvalue weighted by Crippen LogP contribution is -2.43. The maximum absolute atomic E-state index is 14.2. The zero-order valence-corrected chi connectivity index (χ0v) is 16.2. The van der Waals surface area contributed by atoms with Crippen LogP contribution in [0, 0.1) is 33.6 Å².